The van der Waals surface area contributed by atoms with Crippen molar-refractivity contribution < 1.29 is 9.18 Å². The predicted molar refractivity (Wildman–Crippen MR) is 129 cm³/mol. The molecule has 1 saturated heterocycles. The van der Waals surface area contributed by atoms with E-state index < -0.39 is 0 Å². The van der Waals surface area contributed by atoms with E-state index in [1.807, 2.05) is 24.3 Å². The minimum atomic E-state index is -0.382. The number of benzene rings is 2. The molecular weight excluding hydrogens is 431 g/mol. The monoisotopic (exact) mass is 456 g/mol. The van der Waals surface area contributed by atoms with Gasteiger partial charge in [0.25, 0.3) is 11.5 Å². The number of nitrogens with zero attached hydrogens (tertiary/aromatic N) is 4. The molecule has 4 aromatic rings. The zero-order valence-corrected chi connectivity index (χ0v) is 18.7. The number of halogens is 1. The fourth-order valence-corrected chi connectivity index (χ4v) is 4.40. The second kappa shape index (κ2) is 9.57. The molecule has 0 unspecified atom stereocenters. The molecule has 3 heterocycles. The summed E-state index contributed by atoms with van der Waals surface area (Å²) in [6, 6.07) is 21.5. The van der Waals surface area contributed by atoms with Crippen LogP contribution in [-0.2, 0) is 13.1 Å². The van der Waals surface area contributed by atoms with E-state index in [4.69, 9.17) is 0 Å². The van der Waals surface area contributed by atoms with Gasteiger partial charge in [-0.3, -0.25) is 19.1 Å². The molecule has 0 bridgehead atoms. The highest BCUT2D eigenvalue weighted by molar-refractivity contribution is 5.97. The Morgan fingerprint density at radius 2 is 1.56 bits per heavy atom. The Morgan fingerprint density at radius 3 is 2.29 bits per heavy atom. The van der Waals surface area contributed by atoms with Crippen LogP contribution in [0.15, 0.2) is 83.8 Å². The number of hydrogen-bond donors (Lipinski definition) is 0. The van der Waals surface area contributed by atoms with Gasteiger partial charge in [0, 0.05) is 44.3 Å². The van der Waals surface area contributed by atoms with Crippen molar-refractivity contribution in [3.05, 3.63) is 112 Å². The fraction of sp³-hybridized carbons (Fsp3) is 0.222. The highest BCUT2D eigenvalue weighted by Gasteiger charge is 2.25. The summed E-state index contributed by atoms with van der Waals surface area (Å²) in [7, 11) is 0. The average molecular weight is 457 g/mol. The van der Waals surface area contributed by atoms with Gasteiger partial charge in [0.1, 0.15) is 17.0 Å². The third kappa shape index (κ3) is 4.61. The van der Waals surface area contributed by atoms with E-state index in [2.05, 4.69) is 22.0 Å². The molecule has 1 amide bonds. The van der Waals surface area contributed by atoms with Crippen molar-refractivity contribution in [1.29, 1.82) is 0 Å². The number of pyridine rings is 2. The molecule has 0 N–H and O–H groups in total. The Labute approximate surface area is 196 Å². The first-order valence-corrected chi connectivity index (χ1v) is 11.4. The minimum absolute atomic E-state index is 0.138. The Kier molecular flexibility index (Phi) is 6.18. The minimum Gasteiger partial charge on any atom is -0.336 e. The van der Waals surface area contributed by atoms with E-state index in [0.29, 0.717) is 18.7 Å². The summed E-state index contributed by atoms with van der Waals surface area (Å²) >= 11 is 0. The van der Waals surface area contributed by atoms with Gasteiger partial charge in [-0.05, 0) is 41.5 Å². The van der Waals surface area contributed by atoms with Crippen molar-refractivity contribution in [3.63, 3.8) is 0 Å². The standard InChI is InChI=1S/C27H25FN4O2/c28-23-10-8-21(9-11-23)19-32-25-22(7-4-12-29-25)17-24(27(32)34)26(33)31-15-13-30(14-16-31)18-20-5-2-1-3-6-20/h1-12,17H,13-16,18-19H2. The van der Waals surface area contributed by atoms with Gasteiger partial charge in [-0.2, -0.15) is 0 Å². The van der Waals surface area contributed by atoms with E-state index in [9.17, 15) is 14.0 Å². The van der Waals surface area contributed by atoms with Crippen LogP contribution in [0.3, 0.4) is 0 Å². The number of rotatable bonds is 5. The van der Waals surface area contributed by atoms with Crippen LogP contribution in [0.2, 0.25) is 0 Å². The molecule has 0 atom stereocenters. The number of aromatic nitrogens is 2. The van der Waals surface area contributed by atoms with E-state index in [0.717, 1.165) is 30.6 Å². The second-order valence-electron chi connectivity index (χ2n) is 8.55. The Bertz CT molecular complexity index is 1360. The summed E-state index contributed by atoms with van der Waals surface area (Å²) in [6.45, 7) is 3.68. The molecule has 0 radical (unpaired) electrons. The SMILES string of the molecule is O=C(c1cc2cccnc2n(Cc2ccc(F)cc2)c1=O)N1CCN(Cc2ccccc2)CC1. The maximum atomic E-state index is 13.4. The molecule has 0 aliphatic carbocycles. The predicted octanol–water partition coefficient (Wildman–Crippen LogP) is 3.54. The van der Waals surface area contributed by atoms with Crippen LogP contribution in [0, 0.1) is 5.82 Å². The summed E-state index contributed by atoms with van der Waals surface area (Å²) < 4.78 is 14.9. The fourth-order valence-electron chi connectivity index (χ4n) is 4.40. The first-order chi connectivity index (χ1) is 16.6. The average Bonchev–Trinajstić information content (AvgIpc) is 2.87. The number of amides is 1. The van der Waals surface area contributed by atoms with Gasteiger partial charge in [0.05, 0.1) is 6.54 Å². The number of piperazine rings is 1. The first kappa shape index (κ1) is 22.0. The summed E-state index contributed by atoms with van der Waals surface area (Å²) in [4.78, 5) is 35.3. The Hall–Kier alpha value is -3.84. The summed E-state index contributed by atoms with van der Waals surface area (Å²) in [6.07, 6.45) is 1.62. The van der Waals surface area contributed by atoms with Gasteiger partial charge in [0.2, 0.25) is 0 Å². The molecule has 1 aliphatic heterocycles. The lowest BCUT2D eigenvalue weighted by Gasteiger charge is -2.34. The lowest BCUT2D eigenvalue weighted by Crippen LogP contribution is -2.49. The molecule has 7 heteroatoms. The quantitative estimate of drug-likeness (QED) is 0.461. The molecule has 0 spiro atoms. The van der Waals surface area contributed by atoms with Gasteiger partial charge < -0.3 is 4.90 Å². The van der Waals surface area contributed by atoms with Crippen molar-refractivity contribution in [2.45, 2.75) is 13.1 Å². The normalized spacial score (nSPS) is 14.4. The van der Waals surface area contributed by atoms with Crippen LogP contribution in [-0.4, -0.2) is 51.4 Å². The van der Waals surface area contributed by atoms with Crippen molar-refractivity contribution >= 4 is 16.9 Å². The van der Waals surface area contributed by atoms with Gasteiger partial charge in [-0.25, -0.2) is 9.37 Å². The van der Waals surface area contributed by atoms with E-state index in [-0.39, 0.29) is 29.4 Å². The molecular formula is C27H25FN4O2. The summed E-state index contributed by atoms with van der Waals surface area (Å²) in [5, 5.41) is 0.718. The highest BCUT2D eigenvalue weighted by atomic mass is 19.1. The number of hydrogen-bond acceptors (Lipinski definition) is 4. The van der Waals surface area contributed by atoms with E-state index >= 15 is 0 Å². The summed E-state index contributed by atoms with van der Waals surface area (Å²) in [5.41, 5.74) is 2.26. The Balaban J connectivity index is 1.39. The van der Waals surface area contributed by atoms with Crippen LogP contribution >= 0.6 is 0 Å². The second-order valence-corrected chi connectivity index (χ2v) is 8.55. The van der Waals surface area contributed by atoms with Crippen LogP contribution in [0.25, 0.3) is 11.0 Å². The van der Waals surface area contributed by atoms with Crippen LogP contribution in [0.1, 0.15) is 21.5 Å². The lowest BCUT2D eigenvalue weighted by molar-refractivity contribution is 0.0626. The smallest absolute Gasteiger partial charge is 0.265 e. The molecule has 0 saturated carbocycles. The Morgan fingerprint density at radius 1 is 0.853 bits per heavy atom. The summed E-state index contributed by atoms with van der Waals surface area (Å²) in [5.74, 6) is -0.600. The zero-order chi connectivity index (χ0) is 23.5. The van der Waals surface area contributed by atoms with E-state index in [1.54, 1.807) is 35.4 Å². The number of carbonyl (C=O) groups is 1. The molecule has 172 valence electrons. The molecule has 5 rings (SSSR count). The van der Waals surface area contributed by atoms with Crippen LogP contribution < -0.4 is 5.56 Å². The van der Waals surface area contributed by atoms with Gasteiger partial charge in [-0.15, -0.1) is 0 Å². The van der Waals surface area contributed by atoms with Crippen LogP contribution in [0.4, 0.5) is 4.39 Å². The van der Waals surface area contributed by atoms with Crippen LogP contribution in [0.5, 0.6) is 0 Å². The first-order valence-electron chi connectivity index (χ1n) is 11.4. The third-order valence-electron chi connectivity index (χ3n) is 6.24. The van der Waals surface area contributed by atoms with E-state index in [1.165, 1.54) is 22.3 Å². The third-order valence-corrected chi connectivity index (χ3v) is 6.24. The molecule has 1 fully saturated rings. The highest BCUT2D eigenvalue weighted by Crippen LogP contribution is 2.16. The molecule has 34 heavy (non-hydrogen) atoms. The lowest BCUT2D eigenvalue weighted by atomic mass is 10.1. The van der Waals surface area contributed by atoms with Crippen molar-refractivity contribution in [2.75, 3.05) is 26.2 Å². The maximum Gasteiger partial charge on any atom is 0.265 e. The van der Waals surface area contributed by atoms with Crippen molar-refractivity contribution in [3.8, 4) is 0 Å². The van der Waals surface area contributed by atoms with Crippen molar-refractivity contribution in [2.24, 2.45) is 0 Å². The maximum absolute atomic E-state index is 13.4. The topological polar surface area (TPSA) is 58.4 Å². The van der Waals surface area contributed by atoms with Gasteiger partial charge in [-0.1, -0.05) is 42.5 Å². The van der Waals surface area contributed by atoms with Gasteiger partial charge >= 0.3 is 0 Å². The van der Waals surface area contributed by atoms with Gasteiger partial charge in [0.15, 0.2) is 0 Å². The number of carbonyl (C=O) groups excluding carboxylic acids is 1. The molecule has 2 aromatic heterocycles. The molecule has 1 aliphatic rings. The van der Waals surface area contributed by atoms with Crippen molar-refractivity contribution in [1.82, 2.24) is 19.4 Å². The largest absolute Gasteiger partial charge is 0.336 e. The molecule has 6 nitrogen and oxygen atoms in total. The zero-order valence-electron chi connectivity index (χ0n) is 18.7. The number of fused-ring (bicyclic) bond motifs is 1. The molecule has 2 aromatic carbocycles.